The molecule has 1 saturated carbocycles. The molecule has 1 aromatic carbocycles. The molecule has 0 saturated heterocycles. The fourth-order valence-electron chi connectivity index (χ4n) is 2.65. The first kappa shape index (κ1) is 13.0. The van der Waals surface area contributed by atoms with Crippen LogP contribution in [0.5, 0.6) is 0 Å². The summed E-state index contributed by atoms with van der Waals surface area (Å²) in [4.78, 5) is 0. The molecule has 94 valence electrons. The number of hydrogen-bond donors (Lipinski definition) is 1. The van der Waals surface area contributed by atoms with Crippen molar-refractivity contribution in [2.75, 3.05) is 0 Å². The predicted molar refractivity (Wildman–Crippen MR) is 72.5 cm³/mol. The number of benzene rings is 1. The lowest BCUT2D eigenvalue weighted by molar-refractivity contribution is 0.437. The zero-order valence-electron chi connectivity index (χ0n) is 10.3. The van der Waals surface area contributed by atoms with Crippen LogP contribution in [0.15, 0.2) is 22.7 Å². The Labute approximate surface area is 111 Å². The van der Waals surface area contributed by atoms with Crippen molar-refractivity contribution in [1.29, 1.82) is 0 Å². The van der Waals surface area contributed by atoms with Crippen LogP contribution in [0, 0.1) is 11.7 Å². The minimum atomic E-state index is -0.126. The number of nitrogens with one attached hydrogen (secondary N) is 1. The summed E-state index contributed by atoms with van der Waals surface area (Å²) < 4.78 is 14.6. The molecule has 1 aliphatic carbocycles. The first-order chi connectivity index (χ1) is 8.06. The maximum Gasteiger partial charge on any atom is 0.128 e. The molecule has 0 aromatic heterocycles. The summed E-state index contributed by atoms with van der Waals surface area (Å²) in [6.07, 6.45) is 3.70. The van der Waals surface area contributed by atoms with E-state index in [0.717, 1.165) is 16.0 Å². The molecule has 0 amide bonds. The molecule has 3 atom stereocenters. The minimum Gasteiger partial charge on any atom is -0.307 e. The van der Waals surface area contributed by atoms with Gasteiger partial charge >= 0.3 is 0 Å². The van der Waals surface area contributed by atoms with Crippen LogP contribution < -0.4 is 5.32 Å². The van der Waals surface area contributed by atoms with Crippen LogP contribution in [0.4, 0.5) is 4.39 Å². The van der Waals surface area contributed by atoms with Gasteiger partial charge in [-0.3, -0.25) is 0 Å². The number of hydrogen-bond acceptors (Lipinski definition) is 1. The summed E-state index contributed by atoms with van der Waals surface area (Å²) in [7, 11) is 0. The van der Waals surface area contributed by atoms with E-state index >= 15 is 0 Å². The molecular formula is C14H19BrFN. The maximum atomic E-state index is 13.7. The van der Waals surface area contributed by atoms with Gasteiger partial charge in [0.05, 0.1) is 0 Å². The van der Waals surface area contributed by atoms with Crippen molar-refractivity contribution in [3.05, 3.63) is 34.1 Å². The molecule has 0 aliphatic heterocycles. The fourth-order valence-corrected chi connectivity index (χ4v) is 3.03. The van der Waals surface area contributed by atoms with Crippen LogP contribution >= 0.6 is 15.9 Å². The molecule has 0 heterocycles. The van der Waals surface area contributed by atoms with Crippen molar-refractivity contribution in [2.45, 2.75) is 45.2 Å². The minimum absolute atomic E-state index is 0.0720. The topological polar surface area (TPSA) is 12.0 Å². The van der Waals surface area contributed by atoms with E-state index in [2.05, 4.69) is 28.2 Å². The summed E-state index contributed by atoms with van der Waals surface area (Å²) in [5.74, 6) is 0.673. The van der Waals surface area contributed by atoms with E-state index in [1.54, 1.807) is 6.07 Å². The maximum absolute atomic E-state index is 13.7. The van der Waals surface area contributed by atoms with Gasteiger partial charge in [-0.25, -0.2) is 4.39 Å². The Morgan fingerprint density at radius 1 is 1.41 bits per heavy atom. The fraction of sp³-hybridized carbons (Fsp3) is 0.571. The summed E-state index contributed by atoms with van der Waals surface area (Å²) >= 11 is 3.39. The van der Waals surface area contributed by atoms with E-state index < -0.39 is 0 Å². The Hall–Kier alpha value is -0.410. The average molecular weight is 300 g/mol. The summed E-state index contributed by atoms with van der Waals surface area (Å²) in [6, 6.07) is 5.74. The number of rotatable bonds is 3. The van der Waals surface area contributed by atoms with Crippen LogP contribution in [-0.2, 0) is 0 Å². The van der Waals surface area contributed by atoms with E-state index in [1.165, 1.54) is 25.3 Å². The molecule has 1 aliphatic rings. The van der Waals surface area contributed by atoms with Crippen molar-refractivity contribution in [2.24, 2.45) is 5.92 Å². The predicted octanol–water partition coefficient (Wildman–Crippen LogP) is 4.43. The summed E-state index contributed by atoms with van der Waals surface area (Å²) in [5, 5.41) is 3.53. The van der Waals surface area contributed by atoms with Crippen molar-refractivity contribution >= 4 is 15.9 Å². The third-order valence-electron chi connectivity index (χ3n) is 3.61. The highest BCUT2D eigenvalue weighted by molar-refractivity contribution is 9.10. The third-order valence-corrected chi connectivity index (χ3v) is 4.10. The van der Waals surface area contributed by atoms with Gasteiger partial charge in [0, 0.05) is 22.1 Å². The SMILES string of the molecule is CC1CCC(NC(C)c2cc(Br)ccc2F)C1. The summed E-state index contributed by atoms with van der Waals surface area (Å²) in [6.45, 7) is 4.32. The van der Waals surface area contributed by atoms with Crippen LogP contribution in [0.2, 0.25) is 0 Å². The molecule has 17 heavy (non-hydrogen) atoms. The molecule has 1 fully saturated rings. The normalized spacial score (nSPS) is 26.1. The Balaban J connectivity index is 2.04. The average Bonchev–Trinajstić information content (AvgIpc) is 2.67. The van der Waals surface area contributed by atoms with Gasteiger partial charge in [-0.05, 0) is 50.3 Å². The van der Waals surface area contributed by atoms with E-state index in [1.807, 2.05) is 13.0 Å². The van der Waals surface area contributed by atoms with Crippen LogP contribution in [0.25, 0.3) is 0 Å². The lowest BCUT2D eigenvalue weighted by Gasteiger charge is -2.20. The quantitative estimate of drug-likeness (QED) is 0.871. The molecule has 1 N–H and O–H groups in total. The Morgan fingerprint density at radius 3 is 2.82 bits per heavy atom. The second kappa shape index (κ2) is 5.49. The molecule has 3 heteroatoms. The van der Waals surface area contributed by atoms with Gasteiger partial charge in [0.25, 0.3) is 0 Å². The van der Waals surface area contributed by atoms with Gasteiger partial charge < -0.3 is 5.32 Å². The van der Waals surface area contributed by atoms with E-state index in [9.17, 15) is 4.39 Å². The Kier molecular flexibility index (Phi) is 4.21. The molecule has 1 aromatic rings. The van der Waals surface area contributed by atoms with Crippen molar-refractivity contribution < 1.29 is 4.39 Å². The third kappa shape index (κ3) is 3.29. The first-order valence-corrected chi connectivity index (χ1v) is 7.06. The smallest absolute Gasteiger partial charge is 0.128 e. The van der Waals surface area contributed by atoms with Crippen LogP contribution in [0.3, 0.4) is 0 Å². The second-order valence-corrected chi connectivity index (χ2v) is 6.09. The summed E-state index contributed by atoms with van der Waals surface area (Å²) in [5.41, 5.74) is 0.749. The number of halogens is 2. The molecule has 1 nitrogen and oxygen atoms in total. The highest BCUT2D eigenvalue weighted by atomic mass is 79.9. The van der Waals surface area contributed by atoms with Gasteiger partial charge in [-0.15, -0.1) is 0 Å². The van der Waals surface area contributed by atoms with Crippen molar-refractivity contribution in [1.82, 2.24) is 5.32 Å². The van der Waals surface area contributed by atoms with Gasteiger partial charge in [-0.1, -0.05) is 22.9 Å². The van der Waals surface area contributed by atoms with E-state index in [0.29, 0.717) is 6.04 Å². The first-order valence-electron chi connectivity index (χ1n) is 6.27. The highest BCUT2D eigenvalue weighted by Gasteiger charge is 2.23. The molecule has 0 bridgehead atoms. The lowest BCUT2D eigenvalue weighted by atomic mass is 10.1. The van der Waals surface area contributed by atoms with E-state index in [-0.39, 0.29) is 11.9 Å². The Bertz CT molecular complexity index is 394. The second-order valence-electron chi connectivity index (χ2n) is 5.17. The Morgan fingerprint density at radius 2 is 2.18 bits per heavy atom. The highest BCUT2D eigenvalue weighted by Crippen LogP contribution is 2.28. The van der Waals surface area contributed by atoms with Gasteiger partial charge in [-0.2, -0.15) is 0 Å². The molecular weight excluding hydrogens is 281 g/mol. The monoisotopic (exact) mass is 299 g/mol. The standard InChI is InChI=1S/C14H19BrFN/c1-9-3-5-12(7-9)17-10(2)13-8-11(15)4-6-14(13)16/h4,6,8-10,12,17H,3,5,7H2,1-2H3. The largest absolute Gasteiger partial charge is 0.307 e. The molecule has 0 spiro atoms. The zero-order chi connectivity index (χ0) is 12.4. The van der Waals surface area contributed by atoms with Crippen LogP contribution in [-0.4, -0.2) is 6.04 Å². The van der Waals surface area contributed by atoms with Crippen molar-refractivity contribution in [3.8, 4) is 0 Å². The van der Waals surface area contributed by atoms with Crippen molar-refractivity contribution in [3.63, 3.8) is 0 Å². The zero-order valence-corrected chi connectivity index (χ0v) is 11.9. The lowest BCUT2D eigenvalue weighted by Crippen LogP contribution is -2.29. The van der Waals surface area contributed by atoms with Gasteiger partial charge in [0.15, 0.2) is 0 Å². The van der Waals surface area contributed by atoms with Gasteiger partial charge in [0.2, 0.25) is 0 Å². The molecule has 3 unspecified atom stereocenters. The van der Waals surface area contributed by atoms with Crippen LogP contribution in [0.1, 0.15) is 44.7 Å². The molecule has 2 rings (SSSR count). The van der Waals surface area contributed by atoms with E-state index in [4.69, 9.17) is 0 Å². The molecule has 0 radical (unpaired) electrons. The van der Waals surface area contributed by atoms with Gasteiger partial charge in [0.1, 0.15) is 5.82 Å².